The number of thiophene rings is 1. The minimum absolute atomic E-state index is 0.202. The highest BCUT2D eigenvalue weighted by atomic mass is 32.1. The van der Waals surface area contributed by atoms with Gasteiger partial charge in [-0.3, -0.25) is 4.79 Å². The van der Waals surface area contributed by atoms with Crippen molar-refractivity contribution in [3.63, 3.8) is 0 Å². The Labute approximate surface area is 95.5 Å². The number of carbonyl (C=O) groups excluding carboxylic acids is 1. The van der Waals surface area contributed by atoms with Crippen molar-refractivity contribution in [2.75, 3.05) is 0 Å². The lowest BCUT2D eigenvalue weighted by molar-refractivity contribution is 0.0843. The van der Waals surface area contributed by atoms with E-state index in [4.69, 9.17) is 0 Å². The summed E-state index contributed by atoms with van der Waals surface area (Å²) in [4.78, 5) is 13.3. The first-order valence-corrected chi connectivity index (χ1v) is 6.48. The van der Waals surface area contributed by atoms with E-state index in [1.807, 2.05) is 18.4 Å². The van der Waals surface area contributed by atoms with Crippen LogP contribution in [0.25, 0.3) is 0 Å². The second kappa shape index (κ2) is 3.75. The maximum Gasteiger partial charge on any atom is 0.176 e. The molecule has 1 nitrogen and oxygen atoms in total. The topological polar surface area (TPSA) is 17.1 Å². The molecule has 1 saturated carbocycles. The Morgan fingerprint density at radius 3 is 2.73 bits per heavy atom. The van der Waals surface area contributed by atoms with Crippen molar-refractivity contribution in [2.24, 2.45) is 11.3 Å². The van der Waals surface area contributed by atoms with Crippen LogP contribution in [-0.4, -0.2) is 5.78 Å². The van der Waals surface area contributed by atoms with E-state index in [2.05, 4.69) is 13.8 Å². The predicted octanol–water partition coefficient (Wildman–Crippen LogP) is 4.07. The van der Waals surface area contributed by atoms with Gasteiger partial charge in [0, 0.05) is 5.92 Å². The first-order valence-electron chi connectivity index (χ1n) is 5.61. The van der Waals surface area contributed by atoms with Gasteiger partial charge in [-0.25, -0.2) is 0 Å². The molecule has 0 aromatic carbocycles. The third-order valence-electron chi connectivity index (χ3n) is 3.66. The van der Waals surface area contributed by atoms with Gasteiger partial charge in [0.15, 0.2) is 5.78 Å². The van der Waals surface area contributed by atoms with E-state index >= 15 is 0 Å². The van der Waals surface area contributed by atoms with Crippen molar-refractivity contribution in [2.45, 2.75) is 40.0 Å². The highest BCUT2D eigenvalue weighted by Crippen LogP contribution is 2.44. The lowest BCUT2D eigenvalue weighted by atomic mass is 9.79. The Morgan fingerprint density at radius 1 is 1.53 bits per heavy atom. The first-order chi connectivity index (χ1) is 7.02. The van der Waals surface area contributed by atoms with Gasteiger partial charge in [0.25, 0.3) is 0 Å². The average molecular weight is 222 g/mol. The largest absolute Gasteiger partial charge is 0.293 e. The molecule has 0 amide bonds. The number of rotatable bonds is 2. The molecule has 15 heavy (non-hydrogen) atoms. The molecule has 1 unspecified atom stereocenters. The summed E-state index contributed by atoms with van der Waals surface area (Å²) in [6.07, 6.45) is 3.46. The van der Waals surface area contributed by atoms with E-state index < -0.39 is 0 Å². The standard InChI is InChI=1S/C13H18OS/c1-9-6-8-15-12(9)11(14)10-5-4-7-13(10,2)3/h6,8,10H,4-5,7H2,1-3H3. The molecule has 0 radical (unpaired) electrons. The van der Waals surface area contributed by atoms with Crippen LogP contribution in [0.1, 0.15) is 48.3 Å². The quantitative estimate of drug-likeness (QED) is 0.689. The number of aryl methyl sites for hydroxylation is 1. The van der Waals surface area contributed by atoms with Crippen molar-refractivity contribution in [1.29, 1.82) is 0 Å². The monoisotopic (exact) mass is 222 g/mol. The number of carbonyl (C=O) groups is 1. The fourth-order valence-electron chi connectivity index (χ4n) is 2.60. The molecule has 1 aliphatic carbocycles. The van der Waals surface area contributed by atoms with Crippen LogP contribution in [0.3, 0.4) is 0 Å². The maximum absolute atomic E-state index is 12.4. The van der Waals surface area contributed by atoms with Gasteiger partial charge in [-0.2, -0.15) is 0 Å². The van der Waals surface area contributed by atoms with E-state index in [1.54, 1.807) is 11.3 Å². The third-order valence-corrected chi connectivity index (χ3v) is 4.69. The number of Topliss-reactive ketones (excluding diaryl/α,β-unsaturated/α-hetero) is 1. The maximum atomic E-state index is 12.4. The Kier molecular flexibility index (Phi) is 2.72. The normalized spacial score (nSPS) is 24.3. The van der Waals surface area contributed by atoms with Gasteiger partial charge in [-0.05, 0) is 42.2 Å². The Bertz CT molecular complexity index is 376. The Balaban J connectivity index is 2.26. The van der Waals surface area contributed by atoms with Gasteiger partial charge in [-0.15, -0.1) is 11.3 Å². The smallest absolute Gasteiger partial charge is 0.176 e. The molecular formula is C13H18OS. The van der Waals surface area contributed by atoms with Crippen molar-refractivity contribution >= 4 is 17.1 Å². The SMILES string of the molecule is Cc1ccsc1C(=O)C1CCCC1(C)C. The molecule has 1 atom stereocenters. The molecular weight excluding hydrogens is 204 g/mol. The van der Waals surface area contributed by atoms with Crippen LogP contribution in [0.5, 0.6) is 0 Å². The van der Waals surface area contributed by atoms with Crippen LogP contribution >= 0.6 is 11.3 Å². The molecule has 1 heterocycles. The summed E-state index contributed by atoms with van der Waals surface area (Å²) in [6.45, 7) is 6.49. The van der Waals surface area contributed by atoms with E-state index in [-0.39, 0.29) is 11.3 Å². The second-order valence-electron chi connectivity index (χ2n) is 5.23. The van der Waals surface area contributed by atoms with E-state index in [0.717, 1.165) is 16.9 Å². The van der Waals surface area contributed by atoms with Crippen LogP contribution in [0.4, 0.5) is 0 Å². The lowest BCUT2D eigenvalue weighted by Crippen LogP contribution is -2.25. The van der Waals surface area contributed by atoms with Gasteiger partial charge in [-0.1, -0.05) is 20.3 Å². The minimum atomic E-state index is 0.202. The Hall–Kier alpha value is -0.630. The van der Waals surface area contributed by atoms with Crippen molar-refractivity contribution in [1.82, 2.24) is 0 Å². The van der Waals surface area contributed by atoms with Crippen LogP contribution in [-0.2, 0) is 0 Å². The molecule has 0 aliphatic heterocycles. The van der Waals surface area contributed by atoms with Crippen molar-refractivity contribution < 1.29 is 4.79 Å². The molecule has 82 valence electrons. The number of hydrogen-bond donors (Lipinski definition) is 0. The zero-order chi connectivity index (χ0) is 11.1. The average Bonchev–Trinajstić information content (AvgIpc) is 2.70. The van der Waals surface area contributed by atoms with Gasteiger partial charge < -0.3 is 0 Å². The fraction of sp³-hybridized carbons (Fsp3) is 0.615. The molecule has 0 saturated heterocycles. The highest BCUT2D eigenvalue weighted by Gasteiger charge is 2.40. The summed E-state index contributed by atoms with van der Waals surface area (Å²) >= 11 is 1.60. The van der Waals surface area contributed by atoms with Crippen molar-refractivity contribution in [3.05, 3.63) is 21.9 Å². The molecule has 0 spiro atoms. The molecule has 1 aromatic heterocycles. The molecule has 0 bridgehead atoms. The summed E-state index contributed by atoms with van der Waals surface area (Å²) in [6, 6.07) is 2.04. The highest BCUT2D eigenvalue weighted by molar-refractivity contribution is 7.12. The third kappa shape index (κ3) is 1.87. The summed E-state index contributed by atoms with van der Waals surface area (Å²) in [5.41, 5.74) is 1.35. The van der Waals surface area contributed by atoms with Gasteiger partial charge in [0.1, 0.15) is 0 Å². The van der Waals surface area contributed by atoms with Crippen molar-refractivity contribution in [3.8, 4) is 0 Å². The summed E-state index contributed by atoms with van der Waals surface area (Å²) < 4.78 is 0. The van der Waals surface area contributed by atoms with E-state index in [0.29, 0.717) is 5.78 Å². The van der Waals surface area contributed by atoms with Crippen LogP contribution < -0.4 is 0 Å². The Morgan fingerprint density at radius 2 is 2.27 bits per heavy atom. The summed E-state index contributed by atoms with van der Waals surface area (Å²) in [5, 5.41) is 2.02. The van der Waals surface area contributed by atoms with Gasteiger partial charge >= 0.3 is 0 Å². The molecule has 2 rings (SSSR count). The number of hydrogen-bond acceptors (Lipinski definition) is 2. The molecule has 0 N–H and O–H groups in total. The number of ketones is 1. The molecule has 1 aromatic rings. The lowest BCUT2D eigenvalue weighted by Gasteiger charge is -2.25. The van der Waals surface area contributed by atoms with Gasteiger partial charge in [0.05, 0.1) is 4.88 Å². The van der Waals surface area contributed by atoms with E-state index in [9.17, 15) is 4.79 Å². The molecule has 1 aliphatic rings. The second-order valence-corrected chi connectivity index (χ2v) is 6.15. The zero-order valence-corrected chi connectivity index (χ0v) is 10.5. The summed E-state index contributed by atoms with van der Waals surface area (Å²) in [7, 11) is 0. The van der Waals surface area contributed by atoms with Crippen LogP contribution in [0.2, 0.25) is 0 Å². The minimum Gasteiger partial charge on any atom is -0.293 e. The van der Waals surface area contributed by atoms with Crippen LogP contribution in [0.15, 0.2) is 11.4 Å². The van der Waals surface area contributed by atoms with Crippen LogP contribution in [0, 0.1) is 18.3 Å². The summed E-state index contributed by atoms with van der Waals surface area (Å²) in [5.74, 6) is 0.625. The zero-order valence-electron chi connectivity index (χ0n) is 9.67. The molecule has 2 heteroatoms. The fourth-order valence-corrected chi connectivity index (χ4v) is 3.52. The predicted molar refractivity (Wildman–Crippen MR) is 64.5 cm³/mol. The van der Waals surface area contributed by atoms with E-state index in [1.165, 1.54) is 12.8 Å². The van der Waals surface area contributed by atoms with Gasteiger partial charge in [0.2, 0.25) is 0 Å². The first kappa shape index (κ1) is 10.9. The molecule has 1 fully saturated rings.